The van der Waals surface area contributed by atoms with E-state index in [9.17, 15) is 19.7 Å². The van der Waals surface area contributed by atoms with Crippen LogP contribution in [0.3, 0.4) is 0 Å². The van der Waals surface area contributed by atoms with Gasteiger partial charge in [-0.05, 0) is 24.3 Å². The van der Waals surface area contributed by atoms with Crippen molar-refractivity contribution in [1.82, 2.24) is 5.32 Å². The molecule has 0 unspecified atom stereocenters. The van der Waals surface area contributed by atoms with E-state index < -0.39 is 4.92 Å². The van der Waals surface area contributed by atoms with Gasteiger partial charge in [0.25, 0.3) is 11.6 Å². The van der Waals surface area contributed by atoms with Gasteiger partial charge in [0.05, 0.1) is 28.5 Å². The fourth-order valence-electron chi connectivity index (χ4n) is 2.15. The van der Waals surface area contributed by atoms with Gasteiger partial charge in [-0.2, -0.15) is 0 Å². The lowest BCUT2D eigenvalue weighted by molar-refractivity contribution is -0.384. The lowest BCUT2D eigenvalue weighted by atomic mass is 10.1. The molecule has 0 saturated carbocycles. The Balaban J connectivity index is 1.93. The maximum absolute atomic E-state index is 12.2. The molecule has 8 nitrogen and oxygen atoms in total. The Labute approximate surface area is 160 Å². The first-order valence-corrected chi connectivity index (χ1v) is 9.03. The summed E-state index contributed by atoms with van der Waals surface area (Å²) in [4.78, 5) is 35.3. The number of ether oxygens (including phenoxy) is 1. The highest BCUT2D eigenvalue weighted by Gasteiger charge is 2.13. The van der Waals surface area contributed by atoms with E-state index in [4.69, 9.17) is 4.74 Å². The average Bonchev–Trinajstić information content (AvgIpc) is 2.67. The number of methoxy groups -OCH3 is 1. The Morgan fingerprint density at radius 1 is 1.15 bits per heavy atom. The number of benzene rings is 2. The standard InChI is InChI=1S/C18H19N3O5S/c1-26-11-10-19-18(23)15-4-2-3-5-16(15)20-17(22)12-27-14-8-6-13(7-9-14)21(24)25/h2-9H,10-12H2,1H3,(H,19,23)(H,20,22). The molecule has 9 heteroatoms. The number of thioether (sulfide) groups is 1. The van der Waals surface area contributed by atoms with Gasteiger partial charge in [-0.15, -0.1) is 11.8 Å². The van der Waals surface area contributed by atoms with E-state index in [1.165, 1.54) is 23.9 Å². The maximum atomic E-state index is 12.2. The van der Waals surface area contributed by atoms with Gasteiger partial charge in [-0.25, -0.2) is 0 Å². The molecule has 0 radical (unpaired) electrons. The summed E-state index contributed by atoms with van der Waals surface area (Å²) in [6.07, 6.45) is 0. The van der Waals surface area contributed by atoms with Gasteiger partial charge in [0.1, 0.15) is 0 Å². The highest BCUT2D eigenvalue weighted by atomic mass is 32.2. The average molecular weight is 389 g/mol. The molecule has 0 aliphatic heterocycles. The zero-order valence-corrected chi connectivity index (χ0v) is 15.5. The lowest BCUT2D eigenvalue weighted by Gasteiger charge is -2.11. The Bertz CT molecular complexity index is 811. The van der Waals surface area contributed by atoms with E-state index >= 15 is 0 Å². The second kappa shape index (κ2) is 10.3. The number of non-ortho nitro benzene ring substituents is 1. The maximum Gasteiger partial charge on any atom is 0.269 e. The first-order chi connectivity index (χ1) is 13.0. The minimum absolute atomic E-state index is 0.00258. The van der Waals surface area contributed by atoms with Gasteiger partial charge < -0.3 is 15.4 Å². The molecule has 142 valence electrons. The number of nitrogens with one attached hydrogen (secondary N) is 2. The molecule has 2 rings (SSSR count). The van der Waals surface area contributed by atoms with Crippen molar-refractivity contribution in [3.8, 4) is 0 Å². The number of para-hydroxylation sites is 1. The largest absolute Gasteiger partial charge is 0.383 e. The van der Waals surface area contributed by atoms with Crippen molar-refractivity contribution in [2.75, 3.05) is 31.3 Å². The Morgan fingerprint density at radius 2 is 1.85 bits per heavy atom. The summed E-state index contributed by atoms with van der Waals surface area (Å²) in [5.74, 6) is -0.473. The molecule has 0 aromatic heterocycles. The van der Waals surface area contributed by atoms with Gasteiger partial charge in [0.2, 0.25) is 5.91 Å². The first-order valence-electron chi connectivity index (χ1n) is 8.04. The summed E-state index contributed by atoms with van der Waals surface area (Å²) in [6.45, 7) is 0.764. The highest BCUT2D eigenvalue weighted by Crippen LogP contribution is 2.22. The molecule has 2 aromatic rings. The van der Waals surface area contributed by atoms with Crippen molar-refractivity contribution in [3.05, 3.63) is 64.2 Å². The van der Waals surface area contributed by atoms with Crippen LogP contribution in [0.5, 0.6) is 0 Å². The monoisotopic (exact) mass is 389 g/mol. The fourth-order valence-corrected chi connectivity index (χ4v) is 2.85. The number of amides is 2. The van der Waals surface area contributed by atoms with Crippen LogP contribution in [0.1, 0.15) is 10.4 Å². The second-order valence-electron chi connectivity index (χ2n) is 5.38. The van der Waals surface area contributed by atoms with Crippen LogP contribution in [0, 0.1) is 10.1 Å². The third kappa shape index (κ3) is 6.39. The predicted octanol–water partition coefficient (Wildman–Crippen LogP) is 2.70. The van der Waals surface area contributed by atoms with E-state index in [0.29, 0.717) is 24.4 Å². The van der Waals surface area contributed by atoms with Crippen LogP contribution in [-0.4, -0.2) is 42.8 Å². The molecule has 0 fully saturated rings. The Morgan fingerprint density at radius 3 is 2.52 bits per heavy atom. The number of hydrogen-bond acceptors (Lipinski definition) is 6. The number of nitrogens with zero attached hydrogens (tertiary/aromatic N) is 1. The van der Waals surface area contributed by atoms with Crippen molar-refractivity contribution in [3.63, 3.8) is 0 Å². The van der Waals surface area contributed by atoms with Crippen LogP contribution in [0.25, 0.3) is 0 Å². The third-order valence-electron chi connectivity index (χ3n) is 3.45. The molecule has 0 bridgehead atoms. The molecule has 0 atom stereocenters. The predicted molar refractivity (Wildman–Crippen MR) is 103 cm³/mol. The van der Waals surface area contributed by atoms with Crippen molar-refractivity contribution in [2.45, 2.75) is 4.90 Å². The van der Waals surface area contributed by atoms with Gasteiger partial charge in [0, 0.05) is 30.7 Å². The van der Waals surface area contributed by atoms with Crippen molar-refractivity contribution < 1.29 is 19.2 Å². The van der Waals surface area contributed by atoms with Crippen LogP contribution in [-0.2, 0) is 9.53 Å². The Kier molecular flexibility index (Phi) is 7.78. The zero-order chi connectivity index (χ0) is 19.6. The molecule has 2 aromatic carbocycles. The zero-order valence-electron chi connectivity index (χ0n) is 14.6. The van der Waals surface area contributed by atoms with Gasteiger partial charge >= 0.3 is 0 Å². The second-order valence-corrected chi connectivity index (χ2v) is 6.43. The minimum atomic E-state index is -0.476. The number of carbonyl (C=O) groups excluding carboxylic acids is 2. The van der Waals surface area contributed by atoms with Crippen molar-refractivity contribution in [2.24, 2.45) is 0 Å². The van der Waals surface area contributed by atoms with E-state index in [1.54, 1.807) is 43.5 Å². The summed E-state index contributed by atoms with van der Waals surface area (Å²) in [5.41, 5.74) is 0.779. The number of nitro groups is 1. The van der Waals surface area contributed by atoms with Gasteiger partial charge in [-0.1, -0.05) is 12.1 Å². The third-order valence-corrected chi connectivity index (χ3v) is 4.47. The van der Waals surface area contributed by atoms with Crippen LogP contribution < -0.4 is 10.6 Å². The summed E-state index contributed by atoms with van der Waals surface area (Å²) in [5, 5.41) is 16.1. The molecule has 0 spiro atoms. The molecule has 27 heavy (non-hydrogen) atoms. The van der Waals surface area contributed by atoms with Gasteiger partial charge in [0.15, 0.2) is 0 Å². The SMILES string of the molecule is COCCNC(=O)c1ccccc1NC(=O)CSc1ccc([N+](=O)[O-])cc1. The fraction of sp³-hybridized carbons (Fsp3) is 0.222. The minimum Gasteiger partial charge on any atom is -0.383 e. The van der Waals surface area contributed by atoms with Crippen LogP contribution in [0.2, 0.25) is 0 Å². The van der Waals surface area contributed by atoms with Gasteiger partial charge in [-0.3, -0.25) is 19.7 Å². The van der Waals surface area contributed by atoms with E-state index in [2.05, 4.69) is 10.6 Å². The summed E-state index contributed by atoms with van der Waals surface area (Å²) >= 11 is 1.25. The Hall–Kier alpha value is -2.91. The van der Waals surface area contributed by atoms with Crippen molar-refractivity contribution in [1.29, 1.82) is 0 Å². The normalized spacial score (nSPS) is 10.3. The topological polar surface area (TPSA) is 111 Å². The number of carbonyl (C=O) groups is 2. The van der Waals surface area contributed by atoms with Crippen LogP contribution >= 0.6 is 11.8 Å². The van der Waals surface area contributed by atoms with Crippen LogP contribution in [0.15, 0.2) is 53.4 Å². The number of rotatable bonds is 9. The molecule has 0 heterocycles. The van der Waals surface area contributed by atoms with E-state index in [-0.39, 0.29) is 23.3 Å². The summed E-state index contributed by atoms with van der Waals surface area (Å²) in [6, 6.07) is 12.7. The molecular formula is C18H19N3O5S. The molecule has 0 saturated heterocycles. The van der Waals surface area contributed by atoms with E-state index in [0.717, 1.165) is 4.90 Å². The molecular weight excluding hydrogens is 370 g/mol. The first kappa shape index (κ1) is 20.4. The number of nitro benzene ring substituents is 1. The van der Waals surface area contributed by atoms with Crippen LogP contribution in [0.4, 0.5) is 11.4 Å². The smallest absolute Gasteiger partial charge is 0.269 e. The quantitative estimate of drug-likeness (QED) is 0.295. The van der Waals surface area contributed by atoms with E-state index in [1.807, 2.05) is 0 Å². The molecule has 2 N–H and O–H groups in total. The molecule has 0 aliphatic carbocycles. The molecule has 2 amide bonds. The number of anilines is 1. The highest BCUT2D eigenvalue weighted by molar-refractivity contribution is 8.00. The number of hydrogen-bond donors (Lipinski definition) is 2. The summed E-state index contributed by atoms with van der Waals surface area (Å²) in [7, 11) is 1.54. The molecule has 0 aliphatic rings. The lowest BCUT2D eigenvalue weighted by Crippen LogP contribution is -2.28. The van der Waals surface area contributed by atoms with Crippen molar-refractivity contribution >= 4 is 35.0 Å². The summed E-state index contributed by atoms with van der Waals surface area (Å²) < 4.78 is 4.89.